The van der Waals surface area contributed by atoms with E-state index in [4.69, 9.17) is 9.47 Å². The van der Waals surface area contributed by atoms with Gasteiger partial charge in [-0.05, 0) is 42.3 Å². The molecule has 0 bridgehead atoms. The number of rotatable bonds is 2. The molecule has 3 rings (SSSR count). The van der Waals surface area contributed by atoms with Gasteiger partial charge in [0.05, 0.1) is 7.11 Å². The molecule has 2 aromatic carbocycles. The van der Waals surface area contributed by atoms with Crippen LogP contribution in [0.25, 0.3) is 0 Å². The Morgan fingerprint density at radius 2 is 1.86 bits per heavy atom. The molecule has 0 aliphatic carbocycles. The molecule has 0 aromatic heterocycles. The summed E-state index contributed by atoms with van der Waals surface area (Å²) in [6.45, 7) is 1.82. The molecule has 2 unspecified atom stereocenters. The minimum absolute atomic E-state index is 0.0618. The second-order valence-electron chi connectivity index (χ2n) is 5.41. The zero-order valence-electron chi connectivity index (χ0n) is 12.4. The van der Waals surface area contributed by atoms with E-state index in [-0.39, 0.29) is 17.4 Å². The molecule has 1 aliphatic heterocycles. The number of ether oxygens (including phenoxy) is 2. The van der Waals surface area contributed by atoms with Crippen LogP contribution in [0.1, 0.15) is 29.0 Å². The summed E-state index contributed by atoms with van der Waals surface area (Å²) in [7, 11) is 1.49. The zero-order chi connectivity index (χ0) is 15.9. The fraction of sp³-hybridized carbons (Fsp3) is 0.294. The molecule has 22 heavy (non-hydrogen) atoms. The van der Waals surface area contributed by atoms with Crippen LogP contribution in [0.2, 0.25) is 0 Å². The Hall–Kier alpha value is -2.40. The molecule has 1 heterocycles. The lowest BCUT2D eigenvalue weighted by atomic mass is 9.83. The largest absolute Gasteiger partial charge is 0.508 e. The Kier molecular flexibility index (Phi) is 3.58. The van der Waals surface area contributed by atoms with Crippen LogP contribution in [-0.4, -0.2) is 28.7 Å². The number of aromatic hydroxyl groups is 2. The van der Waals surface area contributed by atoms with E-state index in [9.17, 15) is 15.3 Å². The van der Waals surface area contributed by atoms with E-state index in [2.05, 4.69) is 0 Å². The molecule has 0 amide bonds. The first-order valence-corrected chi connectivity index (χ1v) is 7.05. The highest BCUT2D eigenvalue weighted by molar-refractivity contribution is 5.55. The third kappa shape index (κ3) is 2.33. The van der Waals surface area contributed by atoms with Gasteiger partial charge in [0.1, 0.15) is 11.5 Å². The predicted octanol–water partition coefficient (Wildman–Crippen LogP) is 2.65. The third-order valence-corrected chi connectivity index (χ3v) is 4.10. The van der Waals surface area contributed by atoms with Crippen molar-refractivity contribution in [3.63, 3.8) is 0 Å². The molecule has 3 N–H and O–H groups in total. The fourth-order valence-corrected chi connectivity index (χ4v) is 2.96. The van der Waals surface area contributed by atoms with Crippen LogP contribution < -0.4 is 9.47 Å². The monoisotopic (exact) mass is 302 g/mol. The number of methoxy groups -OCH3 is 1. The standard InChI is InChI=1S/C17H18O5/c1-9-12(18)5-6-14-17(9)11(8-16(20)22-14)10-3-4-13(19)15(7-10)21-2/h3-7,11,16,18-20H,8H2,1-2H3. The van der Waals surface area contributed by atoms with E-state index >= 15 is 0 Å². The predicted molar refractivity (Wildman–Crippen MR) is 80.6 cm³/mol. The van der Waals surface area contributed by atoms with Gasteiger partial charge in [-0.15, -0.1) is 0 Å². The number of aliphatic hydroxyl groups is 1. The molecule has 2 aromatic rings. The highest BCUT2D eigenvalue weighted by Crippen LogP contribution is 2.45. The van der Waals surface area contributed by atoms with Gasteiger partial charge in [-0.3, -0.25) is 0 Å². The summed E-state index contributed by atoms with van der Waals surface area (Å²) in [5, 5.41) is 29.7. The fourth-order valence-electron chi connectivity index (χ4n) is 2.96. The number of benzene rings is 2. The SMILES string of the molecule is COc1cc(C2CC(O)Oc3ccc(O)c(C)c32)ccc1O. The Morgan fingerprint density at radius 1 is 1.14 bits per heavy atom. The molecule has 5 nitrogen and oxygen atoms in total. The minimum atomic E-state index is -0.916. The molecular formula is C17H18O5. The maximum Gasteiger partial charge on any atom is 0.198 e. The van der Waals surface area contributed by atoms with Crippen LogP contribution in [-0.2, 0) is 0 Å². The molecule has 116 valence electrons. The van der Waals surface area contributed by atoms with Crippen molar-refractivity contribution in [1.82, 2.24) is 0 Å². The van der Waals surface area contributed by atoms with Crippen molar-refractivity contribution in [2.45, 2.75) is 25.6 Å². The van der Waals surface area contributed by atoms with Gasteiger partial charge in [0.15, 0.2) is 17.8 Å². The van der Waals surface area contributed by atoms with Crippen LogP contribution in [0.15, 0.2) is 30.3 Å². The van der Waals surface area contributed by atoms with E-state index in [0.717, 1.165) is 16.7 Å². The Morgan fingerprint density at radius 3 is 2.59 bits per heavy atom. The minimum Gasteiger partial charge on any atom is -0.508 e. The van der Waals surface area contributed by atoms with Gasteiger partial charge in [-0.25, -0.2) is 0 Å². The number of hydrogen-bond acceptors (Lipinski definition) is 5. The number of phenols is 2. The molecule has 5 heteroatoms. The first-order chi connectivity index (χ1) is 10.5. The van der Waals surface area contributed by atoms with Gasteiger partial charge < -0.3 is 24.8 Å². The first-order valence-electron chi connectivity index (χ1n) is 7.05. The summed E-state index contributed by atoms with van der Waals surface area (Å²) in [6.07, 6.45) is -0.549. The van der Waals surface area contributed by atoms with Crippen molar-refractivity contribution in [2.24, 2.45) is 0 Å². The molecule has 0 radical (unpaired) electrons. The average Bonchev–Trinajstić information content (AvgIpc) is 2.50. The molecule has 2 atom stereocenters. The van der Waals surface area contributed by atoms with E-state index < -0.39 is 6.29 Å². The highest BCUT2D eigenvalue weighted by atomic mass is 16.6. The van der Waals surface area contributed by atoms with Crippen molar-refractivity contribution in [1.29, 1.82) is 0 Å². The van der Waals surface area contributed by atoms with Crippen molar-refractivity contribution in [3.8, 4) is 23.0 Å². The van der Waals surface area contributed by atoms with Crippen molar-refractivity contribution in [3.05, 3.63) is 47.0 Å². The number of phenolic OH excluding ortho intramolecular Hbond substituents is 2. The molecule has 0 spiro atoms. The lowest BCUT2D eigenvalue weighted by Gasteiger charge is -2.31. The van der Waals surface area contributed by atoms with Gasteiger partial charge in [-0.1, -0.05) is 6.07 Å². The lowest BCUT2D eigenvalue weighted by Crippen LogP contribution is -2.26. The summed E-state index contributed by atoms with van der Waals surface area (Å²) in [6, 6.07) is 8.30. The van der Waals surface area contributed by atoms with E-state index in [1.165, 1.54) is 7.11 Å². The van der Waals surface area contributed by atoms with Crippen molar-refractivity contribution in [2.75, 3.05) is 7.11 Å². The summed E-state index contributed by atoms with van der Waals surface area (Å²) in [5.41, 5.74) is 2.45. The van der Waals surface area contributed by atoms with E-state index in [0.29, 0.717) is 17.9 Å². The normalized spacial score (nSPS) is 20.1. The molecule has 1 aliphatic rings. The Bertz CT molecular complexity index is 710. The maximum absolute atomic E-state index is 9.97. The number of hydrogen-bond donors (Lipinski definition) is 3. The zero-order valence-corrected chi connectivity index (χ0v) is 12.4. The highest BCUT2D eigenvalue weighted by Gasteiger charge is 2.31. The molecule has 0 saturated carbocycles. The van der Waals surface area contributed by atoms with E-state index in [1.807, 2.05) is 6.92 Å². The number of aliphatic hydroxyl groups excluding tert-OH is 1. The average molecular weight is 302 g/mol. The van der Waals surface area contributed by atoms with Gasteiger partial charge in [0, 0.05) is 17.9 Å². The van der Waals surface area contributed by atoms with Crippen molar-refractivity contribution >= 4 is 0 Å². The summed E-state index contributed by atoms with van der Waals surface area (Å²) in [4.78, 5) is 0. The molecular weight excluding hydrogens is 284 g/mol. The maximum atomic E-state index is 9.97. The second kappa shape index (κ2) is 5.42. The van der Waals surface area contributed by atoms with Crippen LogP contribution in [0.4, 0.5) is 0 Å². The van der Waals surface area contributed by atoms with Crippen LogP contribution in [0, 0.1) is 6.92 Å². The van der Waals surface area contributed by atoms with Gasteiger partial charge in [-0.2, -0.15) is 0 Å². The quantitative estimate of drug-likeness (QED) is 0.795. The second-order valence-corrected chi connectivity index (χ2v) is 5.41. The van der Waals surface area contributed by atoms with Gasteiger partial charge >= 0.3 is 0 Å². The van der Waals surface area contributed by atoms with Crippen LogP contribution in [0.5, 0.6) is 23.0 Å². The molecule has 0 saturated heterocycles. The third-order valence-electron chi connectivity index (χ3n) is 4.10. The van der Waals surface area contributed by atoms with Crippen LogP contribution >= 0.6 is 0 Å². The lowest BCUT2D eigenvalue weighted by molar-refractivity contribution is -0.0361. The summed E-state index contributed by atoms with van der Waals surface area (Å²) >= 11 is 0. The number of fused-ring (bicyclic) bond motifs is 1. The summed E-state index contributed by atoms with van der Waals surface area (Å²) in [5.74, 6) is 1.03. The Balaban J connectivity index is 2.14. The van der Waals surface area contributed by atoms with E-state index in [1.54, 1.807) is 30.3 Å². The van der Waals surface area contributed by atoms with Crippen molar-refractivity contribution < 1.29 is 24.8 Å². The Labute approximate surface area is 128 Å². The van der Waals surface area contributed by atoms with Crippen LogP contribution in [0.3, 0.4) is 0 Å². The smallest absolute Gasteiger partial charge is 0.198 e. The topological polar surface area (TPSA) is 79.2 Å². The van der Waals surface area contributed by atoms with Gasteiger partial charge in [0.2, 0.25) is 0 Å². The van der Waals surface area contributed by atoms with Gasteiger partial charge in [0.25, 0.3) is 0 Å². The molecule has 0 fully saturated rings. The first kappa shape index (κ1) is 14.5. The summed E-state index contributed by atoms with van der Waals surface area (Å²) < 4.78 is 10.6.